The van der Waals surface area contributed by atoms with Crippen LogP contribution in [0.1, 0.15) is 63.3 Å². The average molecular weight is 774 g/mol. The number of ether oxygens (including phenoxy) is 2. The summed E-state index contributed by atoms with van der Waals surface area (Å²) in [7, 11) is 2.86. The highest BCUT2D eigenvalue weighted by Crippen LogP contribution is 2.34. The van der Waals surface area contributed by atoms with Crippen molar-refractivity contribution >= 4 is 23.9 Å². The van der Waals surface area contributed by atoms with Gasteiger partial charge in [-0.3, -0.25) is 20.0 Å². The van der Waals surface area contributed by atoms with Crippen LogP contribution >= 0.6 is 0 Å². The molecule has 1 aromatic heterocycles. The Labute approximate surface area is 330 Å². The van der Waals surface area contributed by atoms with Gasteiger partial charge in [-0.2, -0.15) is 0 Å². The van der Waals surface area contributed by atoms with Crippen LogP contribution in [0, 0.1) is 23.7 Å². The van der Waals surface area contributed by atoms with Crippen LogP contribution in [0.25, 0.3) is 0 Å². The molecule has 14 nitrogen and oxygen atoms in total. The SMILES string of the molecule is COC(=O)NCC(C)(C)CC(=O)NN(Cc1ccc(OC)cc1)CC(O)C(Cc1ccccc1)NC(=O)C(C1CNC(=O)N1Cc1cnccc1C)C(C)(C)C. The van der Waals surface area contributed by atoms with Gasteiger partial charge in [0.05, 0.1) is 38.3 Å². The maximum Gasteiger partial charge on any atom is 0.406 e. The number of aromatic nitrogens is 1. The molecular weight excluding hydrogens is 715 g/mol. The fourth-order valence-electron chi connectivity index (χ4n) is 7.01. The normalized spacial score (nSPS) is 16.1. The van der Waals surface area contributed by atoms with Crippen LogP contribution in [0.15, 0.2) is 73.1 Å². The van der Waals surface area contributed by atoms with Crippen LogP contribution in [-0.2, 0) is 33.8 Å². The van der Waals surface area contributed by atoms with Gasteiger partial charge in [0.1, 0.15) is 5.75 Å². The van der Waals surface area contributed by atoms with E-state index in [4.69, 9.17) is 4.74 Å². The van der Waals surface area contributed by atoms with E-state index in [0.717, 1.165) is 22.3 Å². The highest BCUT2D eigenvalue weighted by atomic mass is 16.5. The van der Waals surface area contributed by atoms with Crippen LogP contribution in [0.5, 0.6) is 5.75 Å². The monoisotopic (exact) mass is 773 g/mol. The molecule has 14 heteroatoms. The van der Waals surface area contributed by atoms with E-state index < -0.39 is 41.0 Å². The third-order valence-electron chi connectivity index (χ3n) is 10.1. The summed E-state index contributed by atoms with van der Waals surface area (Å²) in [6, 6.07) is 17.4. The van der Waals surface area contributed by atoms with Gasteiger partial charge in [-0.05, 0) is 64.6 Å². The highest BCUT2D eigenvalue weighted by Gasteiger charge is 2.46. The van der Waals surface area contributed by atoms with E-state index in [1.807, 2.05) is 102 Å². The molecule has 1 aliphatic rings. The van der Waals surface area contributed by atoms with Crippen LogP contribution in [0.2, 0.25) is 0 Å². The van der Waals surface area contributed by atoms with E-state index >= 15 is 0 Å². The smallest absolute Gasteiger partial charge is 0.406 e. The number of benzene rings is 2. The van der Waals surface area contributed by atoms with Crippen molar-refractivity contribution in [3.05, 3.63) is 95.3 Å². The third kappa shape index (κ3) is 12.7. The number of hydrogen-bond donors (Lipinski definition) is 5. The number of pyridine rings is 1. The fourth-order valence-corrected chi connectivity index (χ4v) is 7.01. The molecule has 1 aliphatic heterocycles. The van der Waals surface area contributed by atoms with Crippen molar-refractivity contribution in [2.75, 3.05) is 33.9 Å². The molecule has 56 heavy (non-hydrogen) atoms. The number of aliphatic hydroxyl groups excluding tert-OH is 1. The summed E-state index contributed by atoms with van der Waals surface area (Å²) in [5.74, 6) is -0.588. The Morgan fingerprint density at radius 2 is 1.71 bits per heavy atom. The summed E-state index contributed by atoms with van der Waals surface area (Å²) in [4.78, 5) is 59.1. The largest absolute Gasteiger partial charge is 0.497 e. The van der Waals surface area contributed by atoms with Gasteiger partial charge in [-0.1, -0.05) is 77.1 Å². The molecular formula is C42H59N7O7. The van der Waals surface area contributed by atoms with E-state index in [9.17, 15) is 24.3 Å². The van der Waals surface area contributed by atoms with E-state index in [1.165, 1.54) is 7.11 Å². The summed E-state index contributed by atoms with van der Waals surface area (Å²) in [6.45, 7) is 12.6. The van der Waals surface area contributed by atoms with Crippen molar-refractivity contribution in [1.29, 1.82) is 0 Å². The van der Waals surface area contributed by atoms with E-state index in [1.54, 1.807) is 29.4 Å². The molecule has 2 aromatic carbocycles. The lowest BCUT2D eigenvalue weighted by Gasteiger charge is -2.39. The summed E-state index contributed by atoms with van der Waals surface area (Å²) >= 11 is 0. The van der Waals surface area contributed by atoms with Gasteiger partial charge in [-0.25, -0.2) is 14.6 Å². The second kappa shape index (κ2) is 19.6. The maximum atomic E-state index is 14.6. The molecule has 4 atom stereocenters. The van der Waals surface area contributed by atoms with E-state index in [0.29, 0.717) is 18.7 Å². The number of carbonyl (C=O) groups excluding carboxylic acids is 4. The molecule has 4 unspecified atom stereocenters. The first-order valence-corrected chi connectivity index (χ1v) is 18.9. The fraction of sp³-hybridized carbons (Fsp3) is 0.500. The highest BCUT2D eigenvalue weighted by molar-refractivity contribution is 5.84. The number of rotatable bonds is 18. The summed E-state index contributed by atoms with van der Waals surface area (Å²) in [5, 5.41) is 22.5. The molecule has 4 rings (SSSR count). The molecule has 1 fully saturated rings. The third-order valence-corrected chi connectivity index (χ3v) is 10.1. The van der Waals surface area contributed by atoms with Crippen LogP contribution in [0.3, 0.4) is 0 Å². The Morgan fingerprint density at radius 1 is 1.02 bits per heavy atom. The number of aryl methyl sites for hydroxylation is 1. The number of methoxy groups -OCH3 is 2. The molecule has 0 aliphatic carbocycles. The van der Waals surface area contributed by atoms with Gasteiger partial charge >= 0.3 is 12.1 Å². The van der Waals surface area contributed by atoms with E-state index in [2.05, 4.69) is 31.1 Å². The first-order chi connectivity index (χ1) is 26.5. The Balaban J connectivity index is 1.60. The van der Waals surface area contributed by atoms with Crippen LogP contribution in [0.4, 0.5) is 9.59 Å². The molecule has 0 spiro atoms. The number of hydrazine groups is 1. The first-order valence-electron chi connectivity index (χ1n) is 18.9. The molecule has 3 aromatic rings. The second-order valence-corrected chi connectivity index (χ2v) is 16.3. The number of alkyl carbamates (subject to hydrolysis) is 1. The minimum absolute atomic E-state index is 0.0353. The van der Waals surface area contributed by atoms with Gasteiger partial charge in [0.2, 0.25) is 11.8 Å². The summed E-state index contributed by atoms with van der Waals surface area (Å²) in [6.07, 6.45) is 2.08. The van der Waals surface area contributed by atoms with Gasteiger partial charge < -0.3 is 35.4 Å². The van der Waals surface area contributed by atoms with Crippen molar-refractivity contribution in [3.8, 4) is 5.75 Å². The van der Waals surface area contributed by atoms with Crippen molar-refractivity contribution in [3.63, 3.8) is 0 Å². The van der Waals surface area contributed by atoms with Crippen molar-refractivity contribution < 1.29 is 33.8 Å². The molecule has 304 valence electrons. The molecule has 0 bridgehead atoms. The minimum Gasteiger partial charge on any atom is -0.497 e. The molecule has 0 saturated carbocycles. The standard InChI is InChI=1S/C42H59N7O7/c1-28-18-19-43-22-31(28)25-49-34(23-44-39(49)53)37(41(2,3)4)38(52)46-33(20-29-12-10-9-11-13-29)35(50)26-48(24-30-14-16-32(55-7)17-15-30)47-36(51)21-42(5,6)27-45-40(54)56-8/h9-19,22,33-35,37,50H,20-21,23-27H2,1-8H3,(H,44,53)(H,45,54)(H,46,52)(H,47,51). The Kier molecular flexibility index (Phi) is 15.2. The molecule has 5 N–H and O–H groups in total. The van der Waals surface area contributed by atoms with Crippen molar-refractivity contribution in [2.45, 2.75) is 85.7 Å². The lowest BCUT2D eigenvalue weighted by Crippen LogP contribution is -2.57. The van der Waals surface area contributed by atoms with Gasteiger partial charge in [0.15, 0.2) is 0 Å². The summed E-state index contributed by atoms with van der Waals surface area (Å²) in [5.41, 5.74) is 5.42. The van der Waals surface area contributed by atoms with Gasteiger partial charge in [0.25, 0.3) is 0 Å². The number of hydrogen-bond acceptors (Lipinski definition) is 9. The van der Waals surface area contributed by atoms with Gasteiger partial charge in [0, 0.05) is 51.5 Å². The molecule has 2 heterocycles. The van der Waals surface area contributed by atoms with Crippen LogP contribution in [-0.4, -0.2) is 96.0 Å². The minimum atomic E-state index is -1.15. The number of nitrogens with one attached hydrogen (secondary N) is 4. The van der Waals surface area contributed by atoms with Crippen molar-refractivity contribution in [2.24, 2.45) is 16.7 Å². The zero-order valence-corrected chi connectivity index (χ0v) is 33.9. The zero-order valence-electron chi connectivity index (χ0n) is 33.9. The average Bonchev–Trinajstić information content (AvgIpc) is 3.49. The number of nitrogens with zero attached hydrogens (tertiary/aromatic N) is 3. The zero-order chi connectivity index (χ0) is 41.0. The molecule has 0 radical (unpaired) electrons. The topological polar surface area (TPSA) is 174 Å². The van der Waals surface area contributed by atoms with Gasteiger partial charge in [-0.15, -0.1) is 0 Å². The number of aliphatic hydroxyl groups is 1. The number of carbonyl (C=O) groups is 4. The lowest BCUT2D eigenvalue weighted by atomic mass is 9.75. The Hall–Kier alpha value is -5.21. The Morgan fingerprint density at radius 3 is 2.34 bits per heavy atom. The molecule has 1 saturated heterocycles. The summed E-state index contributed by atoms with van der Waals surface area (Å²) < 4.78 is 10.0. The predicted molar refractivity (Wildman–Crippen MR) is 213 cm³/mol. The second-order valence-electron chi connectivity index (χ2n) is 16.3. The Bertz CT molecular complexity index is 1760. The molecule has 5 amide bonds. The lowest BCUT2D eigenvalue weighted by molar-refractivity contribution is -0.133. The van der Waals surface area contributed by atoms with Crippen molar-refractivity contribution in [1.82, 2.24) is 36.3 Å². The maximum absolute atomic E-state index is 14.6. The number of urea groups is 1. The first kappa shape index (κ1) is 43.5. The van der Waals surface area contributed by atoms with Crippen LogP contribution < -0.4 is 26.1 Å². The number of amides is 5. The predicted octanol–water partition coefficient (Wildman–Crippen LogP) is 4.35. The quantitative estimate of drug-likeness (QED) is 0.118. The van der Waals surface area contributed by atoms with E-state index in [-0.39, 0.29) is 50.4 Å².